The summed E-state index contributed by atoms with van der Waals surface area (Å²) in [6, 6.07) is 6.55. The number of benzene rings is 1. The number of nitrogens with one attached hydrogen (secondary N) is 2. The van der Waals surface area contributed by atoms with Crippen LogP contribution in [0, 0.1) is 10.1 Å². The Bertz CT molecular complexity index is 771. The molecule has 0 saturated heterocycles. The molecule has 1 aromatic carbocycles. The average molecular weight is 284 g/mol. The van der Waals surface area contributed by atoms with Crippen molar-refractivity contribution in [1.82, 2.24) is 20.2 Å². The van der Waals surface area contributed by atoms with Crippen LogP contribution < -0.4 is 5.32 Å². The molecule has 3 rings (SSSR count). The highest BCUT2D eigenvalue weighted by Gasteiger charge is 2.14. The second-order valence-corrected chi connectivity index (χ2v) is 4.40. The Labute approximate surface area is 119 Å². The Hall–Kier alpha value is -3.03. The zero-order valence-electron chi connectivity index (χ0n) is 11.0. The molecule has 8 nitrogen and oxygen atoms in total. The number of H-pyrrole nitrogens is 1. The van der Waals surface area contributed by atoms with E-state index in [-0.39, 0.29) is 5.69 Å². The Morgan fingerprint density at radius 2 is 2.19 bits per heavy atom. The second kappa shape index (κ2) is 5.53. The minimum Gasteiger partial charge on any atom is -0.383 e. The molecule has 0 atom stereocenters. The normalized spacial score (nSPS) is 10.7. The van der Waals surface area contributed by atoms with Crippen LogP contribution in [0.2, 0.25) is 0 Å². The van der Waals surface area contributed by atoms with Gasteiger partial charge in [0.15, 0.2) is 0 Å². The summed E-state index contributed by atoms with van der Waals surface area (Å²) in [6.07, 6.45) is 3.75. The molecule has 0 aliphatic rings. The van der Waals surface area contributed by atoms with Crippen molar-refractivity contribution in [3.05, 3.63) is 52.7 Å². The van der Waals surface area contributed by atoms with E-state index in [2.05, 4.69) is 25.5 Å². The third-order valence-electron chi connectivity index (χ3n) is 3.09. The molecule has 0 radical (unpaired) electrons. The summed E-state index contributed by atoms with van der Waals surface area (Å²) in [5, 5.41) is 21.3. The van der Waals surface area contributed by atoms with E-state index in [0.717, 1.165) is 11.5 Å². The molecule has 3 aromatic rings. The van der Waals surface area contributed by atoms with Gasteiger partial charge in [0, 0.05) is 25.2 Å². The van der Waals surface area contributed by atoms with Crippen molar-refractivity contribution in [2.45, 2.75) is 6.42 Å². The number of hydrogen-bond acceptors (Lipinski definition) is 6. The molecule has 0 amide bonds. The highest BCUT2D eigenvalue weighted by molar-refractivity contribution is 5.96. The fourth-order valence-electron chi connectivity index (χ4n) is 2.13. The number of nitro benzene ring substituents is 1. The van der Waals surface area contributed by atoms with Gasteiger partial charge in [0.05, 0.1) is 16.0 Å². The summed E-state index contributed by atoms with van der Waals surface area (Å²) in [5.74, 6) is 0.779. The molecular formula is C13H12N6O2. The number of fused-ring (bicyclic) bond motifs is 1. The Kier molecular flexibility index (Phi) is 3.42. The van der Waals surface area contributed by atoms with E-state index < -0.39 is 4.92 Å². The maximum Gasteiger partial charge on any atom is 0.278 e. The van der Waals surface area contributed by atoms with Gasteiger partial charge in [0.1, 0.15) is 17.7 Å². The van der Waals surface area contributed by atoms with Crippen molar-refractivity contribution in [3.8, 4) is 0 Å². The highest BCUT2D eigenvalue weighted by atomic mass is 16.6. The number of non-ortho nitro benzene ring substituents is 1. The topological polar surface area (TPSA) is 110 Å². The van der Waals surface area contributed by atoms with Gasteiger partial charge < -0.3 is 5.32 Å². The quantitative estimate of drug-likeness (QED) is 0.547. The molecule has 106 valence electrons. The number of nitrogens with zero attached hydrogens (tertiary/aromatic N) is 4. The Morgan fingerprint density at radius 3 is 2.95 bits per heavy atom. The summed E-state index contributed by atoms with van der Waals surface area (Å²) in [7, 11) is 0. The maximum atomic E-state index is 11.0. The summed E-state index contributed by atoms with van der Waals surface area (Å²) >= 11 is 0. The van der Waals surface area contributed by atoms with Gasteiger partial charge in [0.25, 0.3) is 5.69 Å². The van der Waals surface area contributed by atoms with Crippen LogP contribution in [0.3, 0.4) is 0 Å². The van der Waals surface area contributed by atoms with E-state index in [0.29, 0.717) is 23.9 Å². The number of anilines is 1. The molecule has 0 saturated carbocycles. The number of hydrogen-bond donors (Lipinski definition) is 2. The van der Waals surface area contributed by atoms with Gasteiger partial charge in [0.2, 0.25) is 0 Å². The van der Waals surface area contributed by atoms with Gasteiger partial charge in [-0.25, -0.2) is 4.98 Å². The summed E-state index contributed by atoms with van der Waals surface area (Å²) < 4.78 is 0. The molecule has 0 aliphatic heterocycles. The molecule has 8 heteroatoms. The van der Waals surface area contributed by atoms with Crippen molar-refractivity contribution in [3.63, 3.8) is 0 Å². The monoisotopic (exact) mass is 284 g/mol. The van der Waals surface area contributed by atoms with Crippen molar-refractivity contribution >= 4 is 22.3 Å². The highest BCUT2D eigenvalue weighted by Crippen LogP contribution is 2.29. The standard InChI is InChI=1S/C13H12N6O2/c20-19(21)11-4-3-10(13-9(11)2-1-6-15-13)14-7-5-12-16-8-17-18-12/h1-4,6,8,14H,5,7H2,(H,16,17,18). The molecule has 0 fully saturated rings. The van der Waals surface area contributed by atoms with Crippen LogP contribution in [0.15, 0.2) is 36.8 Å². The maximum absolute atomic E-state index is 11.0. The van der Waals surface area contributed by atoms with Gasteiger partial charge in [-0.3, -0.25) is 20.2 Å². The lowest BCUT2D eigenvalue weighted by atomic mass is 10.1. The number of pyridine rings is 1. The third-order valence-corrected chi connectivity index (χ3v) is 3.09. The van der Waals surface area contributed by atoms with Crippen molar-refractivity contribution in [1.29, 1.82) is 0 Å². The predicted octanol–water partition coefficient (Wildman–Crippen LogP) is 1.92. The van der Waals surface area contributed by atoms with Gasteiger partial charge in [-0.2, -0.15) is 5.10 Å². The van der Waals surface area contributed by atoms with Crippen LogP contribution >= 0.6 is 0 Å². The largest absolute Gasteiger partial charge is 0.383 e. The fourth-order valence-corrected chi connectivity index (χ4v) is 2.13. The van der Waals surface area contributed by atoms with E-state index in [1.807, 2.05) is 0 Å². The molecule has 0 bridgehead atoms. The van der Waals surface area contributed by atoms with Gasteiger partial charge in [-0.05, 0) is 18.2 Å². The van der Waals surface area contributed by atoms with Crippen LogP contribution in [-0.4, -0.2) is 31.6 Å². The van der Waals surface area contributed by atoms with E-state index in [1.54, 1.807) is 24.4 Å². The summed E-state index contributed by atoms with van der Waals surface area (Å²) in [5.41, 5.74) is 1.40. The number of rotatable bonds is 5. The minimum atomic E-state index is -0.400. The third kappa shape index (κ3) is 2.64. The molecule has 0 aliphatic carbocycles. The van der Waals surface area contributed by atoms with Crippen LogP contribution in [0.1, 0.15) is 5.82 Å². The zero-order chi connectivity index (χ0) is 14.7. The lowest BCUT2D eigenvalue weighted by Crippen LogP contribution is -2.07. The van der Waals surface area contributed by atoms with Crippen LogP contribution in [0.5, 0.6) is 0 Å². The first-order chi connectivity index (χ1) is 10.3. The van der Waals surface area contributed by atoms with E-state index >= 15 is 0 Å². The SMILES string of the molecule is O=[N+]([O-])c1ccc(NCCc2ncn[nH]2)c2ncccc12. The number of nitro groups is 1. The van der Waals surface area contributed by atoms with Crippen molar-refractivity contribution in [2.24, 2.45) is 0 Å². The summed E-state index contributed by atoms with van der Waals surface area (Å²) in [6.45, 7) is 0.624. The first kappa shape index (κ1) is 13.0. The molecular weight excluding hydrogens is 272 g/mol. The first-order valence-corrected chi connectivity index (χ1v) is 6.36. The molecule has 2 N–H and O–H groups in total. The van der Waals surface area contributed by atoms with Gasteiger partial charge >= 0.3 is 0 Å². The van der Waals surface area contributed by atoms with Crippen LogP contribution in [0.4, 0.5) is 11.4 Å². The zero-order valence-corrected chi connectivity index (χ0v) is 11.0. The molecule has 0 spiro atoms. The first-order valence-electron chi connectivity index (χ1n) is 6.36. The number of aromatic amines is 1. The van der Waals surface area contributed by atoms with E-state index in [1.165, 1.54) is 12.4 Å². The van der Waals surface area contributed by atoms with Crippen molar-refractivity contribution in [2.75, 3.05) is 11.9 Å². The molecule has 21 heavy (non-hydrogen) atoms. The smallest absolute Gasteiger partial charge is 0.278 e. The average Bonchev–Trinajstić information content (AvgIpc) is 3.00. The predicted molar refractivity (Wildman–Crippen MR) is 77.0 cm³/mol. The lowest BCUT2D eigenvalue weighted by molar-refractivity contribution is -0.383. The van der Waals surface area contributed by atoms with Gasteiger partial charge in [-0.15, -0.1) is 0 Å². The van der Waals surface area contributed by atoms with E-state index in [4.69, 9.17) is 0 Å². The minimum absolute atomic E-state index is 0.0545. The fraction of sp³-hybridized carbons (Fsp3) is 0.154. The molecule has 0 unspecified atom stereocenters. The molecule has 2 heterocycles. The van der Waals surface area contributed by atoms with Crippen molar-refractivity contribution < 1.29 is 4.92 Å². The Morgan fingerprint density at radius 1 is 1.29 bits per heavy atom. The van der Waals surface area contributed by atoms with E-state index in [9.17, 15) is 10.1 Å². The Balaban J connectivity index is 1.85. The lowest BCUT2D eigenvalue weighted by Gasteiger charge is -2.08. The van der Waals surface area contributed by atoms with Crippen LogP contribution in [-0.2, 0) is 6.42 Å². The van der Waals surface area contributed by atoms with Crippen LogP contribution in [0.25, 0.3) is 10.9 Å². The summed E-state index contributed by atoms with van der Waals surface area (Å²) in [4.78, 5) is 18.9. The van der Waals surface area contributed by atoms with Gasteiger partial charge in [-0.1, -0.05) is 0 Å². The second-order valence-electron chi connectivity index (χ2n) is 4.40. The molecule has 2 aromatic heterocycles. The number of aromatic nitrogens is 4.